The number of amides is 2. The summed E-state index contributed by atoms with van der Waals surface area (Å²) >= 11 is 0. The van der Waals surface area contributed by atoms with Gasteiger partial charge in [0.1, 0.15) is 11.6 Å². The number of aryl methyl sites for hydroxylation is 1. The Labute approximate surface area is 240 Å². The van der Waals surface area contributed by atoms with E-state index in [0.29, 0.717) is 46.8 Å². The SMILES string of the molecule is CCc1ccc(-n2c(C(CC)N(Cc3ccccc3)C(=O)Nc3cccc(OC)c3)nc3ccccc3c2=O)cc1. The van der Waals surface area contributed by atoms with Crippen molar-refractivity contribution in [3.8, 4) is 11.4 Å². The molecule has 7 heteroatoms. The Morgan fingerprint density at radius 1 is 0.902 bits per heavy atom. The molecular weight excluding hydrogens is 512 g/mol. The minimum absolute atomic E-state index is 0.166. The first-order chi connectivity index (χ1) is 20.0. The number of rotatable bonds is 9. The van der Waals surface area contributed by atoms with Gasteiger partial charge in [-0.3, -0.25) is 9.36 Å². The third-order valence-electron chi connectivity index (χ3n) is 7.24. The van der Waals surface area contributed by atoms with Crippen molar-refractivity contribution < 1.29 is 9.53 Å². The largest absolute Gasteiger partial charge is 0.497 e. The highest BCUT2D eigenvalue weighted by Crippen LogP contribution is 2.29. The van der Waals surface area contributed by atoms with E-state index in [4.69, 9.17) is 9.72 Å². The molecule has 1 N–H and O–H groups in total. The van der Waals surface area contributed by atoms with Crippen molar-refractivity contribution in [2.45, 2.75) is 39.3 Å². The second kappa shape index (κ2) is 12.5. The van der Waals surface area contributed by atoms with Gasteiger partial charge in [-0.25, -0.2) is 9.78 Å². The number of fused-ring (bicyclic) bond motifs is 1. The summed E-state index contributed by atoms with van der Waals surface area (Å²) in [6, 6.07) is 31.6. The topological polar surface area (TPSA) is 76.5 Å². The van der Waals surface area contributed by atoms with Crippen LogP contribution in [0.5, 0.6) is 5.75 Å². The summed E-state index contributed by atoms with van der Waals surface area (Å²) in [6.45, 7) is 4.43. The van der Waals surface area contributed by atoms with Gasteiger partial charge in [0.2, 0.25) is 0 Å². The van der Waals surface area contributed by atoms with E-state index in [0.717, 1.165) is 12.0 Å². The molecule has 2 amide bonds. The van der Waals surface area contributed by atoms with Crippen LogP contribution in [0.2, 0.25) is 0 Å². The number of aromatic nitrogens is 2. The summed E-state index contributed by atoms with van der Waals surface area (Å²) in [5, 5.41) is 3.57. The molecule has 4 aromatic carbocycles. The number of para-hydroxylation sites is 1. The van der Waals surface area contributed by atoms with Gasteiger partial charge in [0, 0.05) is 18.3 Å². The summed E-state index contributed by atoms with van der Waals surface area (Å²) in [5.41, 5.74) is 3.90. The minimum Gasteiger partial charge on any atom is -0.497 e. The van der Waals surface area contributed by atoms with Crippen LogP contribution in [0.3, 0.4) is 0 Å². The maximum Gasteiger partial charge on any atom is 0.322 e. The van der Waals surface area contributed by atoms with Crippen LogP contribution in [-0.2, 0) is 13.0 Å². The molecule has 208 valence electrons. The zero-order chi connectivity index (χ0) is 28.8. The first kappa shape index (κ1) is 27.6. The maximum atomic E-state index is 14.0. The van der Waals surface area contributed by atoms with Crippen LogP contribution in [0.4, 0.5) is 10.5 Å². The first-order valence-corrected chi connectivity index (χ1v) is 13.9. The van der Waals surface area contributed by atoms with Crippen molar-refractivity contribution in [1.82, 2.24) is 14.5 Å². The Kier molecular flexibility index (Phi) is 8.44. The lowest BCUT2D eigenvalue weighted by Gasteiger charge is -2.32. The van der Waals surface area contributed by atoms with Gasteiger partial charge in [-0.1, -0.05) is 74.5 Å². The van der Waals surface area contributed by atoms with Crippen molar-refractivity contribution in [1.29, 1.82) is 0 Å². The van der Waals surface area contributed by atoms with Crippen LogP contribution in [-0.4, -0.2) is 27.6 Å². The second-order valence-electron chi connectivity index (χ2n) is 9.85. The Balaban J connectivity index is 1.66. The fourth-order valence-electron chi connectivity index (χ4n) is 5.05. The van der Waals surface area contributed by atoms with E-state index in [9.17, 15) is 9.59 Å². The molecule has 0 saturated heterocycles. The lowest BCUT2D eigenvalue weighted by Crippen LogP contribution is -2.40. The number of benzene rings is 4. The minimum atomic E-state index is -0.510. The predicted octanol–water partition coefficient (Wildman–Crippen LogP) is 7.14. The number of ether oxygens (including phenoxy) is 1. The lowest BCUT2D eigenvalue weighted by atomic mass is 10.1. The van der Waals surface area contributed by atoms with E-state index in [1.54, 1.807) is 28.7 Å². The standard InChI is InChI=1S/C34H34N4O3/c1-4-24-18-20-27(21-19-24)38-32(36-30-17-10-9-16-29(30)33(38)39)31(5-2)37(23-25-12-7-6-8-13-25)34(40)35-26-14-11-15-28(22-26)41-3/h6-22,31H,4-5,23H2,1-3H3,(H,35,40). The van der Waals surface area contributed by atoms with E-state index >= 15 is 0 Å². The molecule has 0 bridgehead atoms. The van der Waals surface area contributed by atoms with E-state index in [1.165, 1.54) is 5.56 Å². The van der Waals surface area contributed by atoms with Crippen LogP contribution >= 0.6 is 0 Å². The maximum absolute atomic E-state index is 14.0. The summed E-state index contributed by atoms with van der Waals surface area (Å²) in [7, 11) is 1.59. The number of carbonyl (C=O) groups is 1. The van der Waals surface area contributed by atoms with E-state index < -0.39 is 6.04 Å². The van der Waals surface area contributed by atoms with Gasteiger partial charge in [-0.2, -0.15) is 0 Å². The van der Waals surface area contributed by atoms with E-state index in [-0.39, 0.29) is 11.6 Å². The average Bonchev–Trinajstić information content (AvgIpc) is 3.02. The van der Waals surface area contributed by atoms with E-state index in [1.807, 2.05) is 97.9 Å². The number of methoxy groups -OCH3 is 1. The van der Waals surface area contributed by atoms with Crippen molar-refractivity contribution >= 4 is 22.6 Å². The molecule has 0 saturated carbocycles. The molecule has 0 aliphatic carbocycles. The van der Waals surface area contributed by atoms with Crippen molar-refractivity contribution in [3.05, 3.63) is 130 Å². The molecule has 5 aromatic rings. The number of nitrogens with zero attached hydrogens (tertiary/aromatic N) is 3. The molecule has 1 heterocycles. The number of hydrogen-bond donors (Lipinski definition) is 1. The van der Waals surface area contributed by atoms with Gasteiger partial charge in [-0.05, 0) is 60.4 Å². The molecule has 1 atom stereocenters. The molecule has 0 aliphatic rings. The molecule has 41 heavy (non-hydrogen) atoms. The summed E-state index contributed by atoms with van der Waals surface area (Å²) < 4.78 is 7.01. The Bertz CT molecular complexity index is 1700. The zero-order valence-corrected chi connectivity index (χ0v) is 23.6. The highest BCUT2D eigenvalue weighted by atomic mass is 16.5. The van der Waals surface area contributed by atoms with Crippen LogP contribution in [0.25, 0.3) is 16.6 Å². The summed E-state index contributed by atoms with van der Waals surface area (Å²) in [6.07, 6.45) is 1.43. The molecular formula is C34H34N4O3. The van der Waals surface area contributed by atoms with Crippen LogP contribution in [0.1, 0.15) is 43.3 Å². The quantitative estimate of drug-likeness (QED) is 0.213. The summed E-state index contributed by atoms with van der Waals surface area (Å²) in [5.74, 6) is 1.15. The van der Waals surface area contributed by atoms with Crippen LogP contribution in [0, 0.1) is 0 Å². The molecule has 7 nitrogen and oxygen atoms in total. The van der Waals surface area contributed by atoms with Gasteiger partial charge in [0.15, 0.2) is 0 Å². The van der Waals surface area contributed by atoms with Crippen molar-refractivity contribution in [2.75, 3.05) is 12.4 Å². The number of hydrogen-bond acceptors (Lipinski definition) is 4. The van der Waals surface area contributed by atoms with Gasteiger partial charge >= 0.3 is 6.03 Å². The molecule has 0 radical (unpaired) electrons. The van der Waals surface area contributed by atoms with Gasteiger partial charge in [0.05, 0.1) is 29.7 Å². The van der Waals surface area contributed by atoms with Gasteiger partial charge < -0.3 is 15.0 Å². The van der Waals surface area contributed by atoms with E-state index in [2.05, 4.69) is 12.2 Å². The smallest absolute Gasteiger partial charge is 0.322 e. The molecule has 5 rings (SSSR count). The first-order valence-electron chi connectivity index (χ1n) is 13.9. The molecule has 0 aliphatic heterocycles. The number of urea groups is 1. The lowest BCUT2D eigenvalue weighted by molar-refractivity contribution is 0.177. The van der Waals surface area contributed by atoms with Crippen molar-refractivity contribution in [3.63, 3.8) is 0 Å². The Morgan fingerprint density at radius 3 is 2.34 bits per heavy atom. The Hall–Kier alpha value is -4.91. The summed E-state index contributed by atoms with van der Waals surface area (Å²) in [4.78, 5) is 34.8. The number of anilines is 1. The molecule has 0 spiro atoms. The van der Waals surface area contributed by atoms with Gasteiger partial charge in [0.25, 0.3) is 5.56 Å². The number of carbonyl (C=O) groups excluding carboxylic acids is 1. The van der Waals surface area contributed by atoms with Crippen molar-refractivity contribution in [2.24, 2.45) is 0 Å². The molecule has 0 fully saturated rings. The predicted molar refractivity (Wildman–Crippen MR) is 164 cm³/mol. The highest BCUT2D eigenvalue weighted by Gasteiger charge is 2.29. The highest BCUT2D eigenvalue weighted by molar-refractivity contribution is 5.90. The van der Waals surface area contributed by atoms with Gasteiger partial charge in [-0.15, -0.1) is 0 Å². The van der Waals surface area contributed by atoms with Crippen LogP contribution in [0.15, 0.2) is 108 Å². The Morgan fingerprint density at radius 2 is 1.63 bits per heavy atom. The molecule has 1 unspecified atom stereocenters. The molecule has 1 aromatic heterocycles. The average molecular weight is 547 g/mol. The third-order valence-corrected chi connectivity index (χ3v) is 7.24. The third kappa shape index (κ3) is 5.99. The fourth-order valence-corrected chi connectivity index (χ4v) is 5.05. The number of nitrogens with one attached hydrogen (secondary N) is 1. The fraction of sp³-hybridized carbons (Fsp3) is 0.206. The van der Waals surface area contributed by atoms with Crippen LogP contribution < -0.4 is 15.6 Å². The second-order valence-corrected chi connectivity index (χ2v) is 9.85. The monoisotopic (exact) mass is 546 g/mol. The normalized spacial score (nSPS) is 11.7. The zero-order valence-electron chi connectivity index (χ0n) is 23.6.